The van der Waals surface area contributed by atoms with Crippen LogP contribution in [0, 0.1) is 17.8 Å². The van der Waals surface area contributed by atoms with Crippen molar-refractivity contribution in [2.24, 2.45) is 17.8 Å². The van der Waals surface area contributed by atoms with Crippen molar-refractivity contribution in [2.45, 2.75) is 136 Å². The highest BCUT2D eigenvalue weighted by atomic mass is 32.1. The molecular weight excluding hydrogens is 735 g/mol. The molecule has 1 aromatic heterocycles. The minimum Gasteiger partial charge on any atom is -0.481 e. The van der Waals surface area contributed by atoms with Crippen molar-refractivity contribution in [2.75, 3.05) is 26.4 Å². The Balaban J connectivity index is 1.89. The fourth-order valence-electron chi connectivity index (χ4n) is 7.51. The van der Waals surface area contributed by atoms with Crippen LogP contribution in [0.25, 0.3) is 0 Å². The van der Waals surface area contributed by atoms with Crippen molar-refractivity contribution in [3.63, 3.8) is 0 Å². The monoisotopic (exact) mass is 799 g/mol. The maximum atomic E-state index is 14.5. The molecule has 3 rings (SSSR count). The number of amides is 4. The Morgan fingerprint density at radius 2 is 1.73 bits per heavy atom. The van der Waals surface area contributed by atoms with Gasteiger partial charge in [0.25, 0.3) is 5.91 Å². The van der Waals surface area contributed by atoms with Gasteiger partial charge in [-0.2, -0.15) is 0 Å². The topological polar surface area (TPSA) is 196 Å². The Kier molecular flexibility index (Phi) is 17.1. The molecule has 3 unspecified atom stereocenters. The molecule has 1 aromatic carbocycles. The number of nitrogens with zero attached hydrogens (tertiary/aromatic N) is 3. The number of carboxylic acid groups (broad SMARTS) is 1. The van der Waals surface area contributed by atoms with Crippen LogP contribution >= 0.6 is 11.3 Å². The summed E-state index contributed by atoms with van der Waals surface area (Å²) in [6.07, 6.45) is 2.10. The van der Waals surface area contributed by atoms with Crippen LogP contribution in [0.5, 0.6) is 0 Å². The second-order valence-electron chi connectivity index (χ2n) is 15.8. The number of nitrogens with one attached hydrogen (secondary N) is 3. The number of aromatic nitrogens is 1. The second kappa shape index (κ2) is 20.8. The van der Waals surface area contributed by atoms with E-state index in [0.717, 1.165) is 29.7 Å². The predicted molar refractivity (Wildman–Crippen MR) is 219 cm³/mol. The molecule has 1 fully saturated rings. The molecule has 0 spiro atoms. The minimum atomic E-state index is -0.968. The molecule has 1 saturated heterocycles. The van der Waals surface area contributed by atoms with Crippen LogP contribution in [0.15, 0.2) is 29.6 Å². The minimum absolute atomic E-state index is 0.0885. The molecule has 0 saturated carbocycles. The molecule has 1 aliphatic rings. The SMILES string of the molecule is CCNC(=O)O[C@H](CC(C(C)C)N(C)C(=O)[C@@H](NC(=O)C1(CC)CCC(C)N1C)[C@@H](C)CC)c1nc(C(=O)N[C@@H](Cc2ccc(N)cc2)C[C@H](C)C(=O)O)cs1. The van der Waals surface area contributed by atoms with Gasteiger partial charge in [0, 0.05) is 49.2 Å². The van der Waals surface area contributed by atoms with E-state index < -0.39 is 53.7 Å². The highest BCUT2D eigenvalue weighted by molar-refractivity contribution is 7.09. The molecule has 56 heavy (non-hydrogen) atoms. The number of rotatable bonds is 20. The Bertz CT molecular complexity index is 1640. The van der Waals surface area contributed by atoms with Gasteiger partial charge < -0.3 is 36.4 Å². The molecular formula is C41H65N7O7S. The van der Waals surface area contributed by atoms with Crippen LogP contribution in [-0.4, -0.2) is 100 Å². The number of thiazole rings is 1. The molecule has 2 aromatic rings. The second-order valence-corrected chi connectivity index (χ2v) is 16.7. The first-order valence-corrected chi connectivity index (χ1v) is 20.8. The van der Waals surface area contributed by atoms with E-state index in [1.807, 2.05) is 53.8 Å². The fourth-order valence-corrected chi connectivity index (χ4v) is 8.35. The van der Waals surface area contributed by atoms with Gasteiger partial charge in [-0.25, -0.2) is 9.78 Å². The molecule has 15 heteroatoms. The third kappa shape index (κ3) is 11.7. The number of likely N-dealkylation sites (tertiary alicyclic amines) is 1. The van der Waals surface area contributed by atoms with Crippen molar-refractivity contribution in [1.29, 1.82) is 0 Å². The summed E-state index contributed by atoms with van der Waals surface area (Å²) in [6.45, 7) is 15.7. The first kappa shape index (κ1) is 46.1. The molecule has 4 amide bonds. The van der Waals surface area contributed by atoms with Crippen LogP contribution in [0.4, 0.5) is 10.5 Å². The van der Waals surface area contributed by atoms with Gasteiger partial charge in [-0.3, -0.25) is 24.1 Å². The van der Waals surface area contributed by atoms with Crippen molar-refractivity contribution in [1.82, 2.24) is 30.7 Å². The number of likely N-dealkylation sites (N-methyl/N-ethyl adjacent to an activating group) is 2. The highest BCUT2D eigenvalue weighted by Gasteiger charge is 2.48. The summed E-state index contributed by atoms with van der Waals surface area (Å²) in [7, 11) is 3.70. The van der Waals surface area contributed by atoms with Gasteiger partial charge >= 0.3 is 12.1 Å². The number of carboxylic acids is 1. The fraction of sp³-hybridized carbons (Fsp3) is 0.659. The van der Waals surface area contributed by atoms with E-state index in [1.54, 1.807) is 43.3 Å². The summed E-state index contributed by atoms with van der Waals surface area (Å²) in [4.78, 5) is 75.1. The number of anilines is 1. The normalized spacial score (nSPS) is 20.3. The number of aliphatic carboxylic acids is 1. The molecule has 8 atom stereocenters. The summed E-state index contributed by atoms with van der Waals surface area (Å²) in [5.41, 5.74) is 6.74. The summed E-state index contributed by atoms with van der Waals surface area (Å²) in [5, 5.41) is 20.4. The van der Waals surface area contributed by atoms with E-state index in [1.165, 1.54) is 0 Å². The maximum absolute atomic E-state index is 14.5. The van der Waals surface area contributed by atoms with E-state index in [9.17, 15) is 29.1 Å². The van der Waals surface area contributed by atoms with Crippen LogP contribution < -0.4 is 21.7 Å². The van der Waals surface area contributed by atoms with Gasteiger partial charge in [0.2, 0.25) is 11.8 Å². The van der Waals surface area contributed by atoms with Crippen LogP contribution in [0.2, 0.25) is 0 Å². The van der Waals surface area contributed by atoms with Crippen molar-refractivity contribution >= 4 is 46.8 Å². The molecule has 14 nitrogen and oxygen atoms in total. The standard InChI is InChI=1S/C41H65N7O7S/c1-11-25(6)34(46-39(53)41(12-2)19-18-27(8)48(41)10)37(50)47(9)32(24(4)5)22-33(55-40(54)43-13-3)36-45-31(23-56-36)35(49)44-30(20-26(7)38(51)52)21-28-14-16-29(42)17-15-28/h14-17,23-27,30,32-34H,11-13,18-22,42H2,1-10H3,(H,43,54)(H,44,49)(H,46,53)(H,51,52)/t25-,26-,27?,30+,32?,33+,34-,41?/m0/s1. The average molecular weight is 800 g/mol. The quantitative estimate of drug-likeness (QED) is 0.105. The van der Waals surface area contributed by atoms with Gasteiger partial charge in [0.1, 0.15) is 22.3 Å². The number of nitrogens with two attached hydrogens (primary N) is 1. The summed E-state index contributed by atoms with van der Waals surface area (Å²) in [6, 6.07) is 5.71. The number of benzene rings is 1. The van der Waals surface area contributed by atoms with E-state index in [0.29, 0.717) is 36.5 Å². The zero-order valence-corrected chi connectivity index (χ0v) is 35.7. The van der Waals surface area contributed by atoms with E-state index in [-0.39, 0.29) is 48.2 Å². The van der Waals surface area contributed by atoms with Crippen molar-refractivity contribution < 1.29 is 33.8 Å². The maximum Gasteiger partial charge on any atom is 0.407 e. The highest BCUT2D eigenvalue weighted by Crippen LogP contribution is 2.36. The number of hydrogen-bond donors (Lipinski definition) is 5. The lowest BCUT2D eigenvalue weighted by molar-refractivity contribution is -0.143. The number of alkyl carbamates (subject to hydrolysis) is 1. The van der Waals surface area contributed by atoms with Gasteiger partial charge in [-0.15, -0.1) is 11.3 Å². The zero-order chi connectivity index (χ0) is 41.9. The molecule has 312 valence electrons. The molecule has 0 bridgehead atoms. The van der Waals surface area contributed by atoms with E-state index in [2.05, 4.69) is 32.8 Å². The molecule has 2 heterocycles. The number of hydrogen-bond acceptors (Lipinski definition) is 10. The Labute approximate surface area is 336 Å². The lowest BCUT2D eigenvalue weighted by atomic mass is 9.89. The number of ether oxygens (including phenoxy) is 1. The number of nitrogen functional groups attached to an aromatic ring is 1. The van der Waals surface area contributed by atoms with E-state index >= 15 is 0 Å². The summed E-state index contributed by atoms with van der Waals surface area (Å²) in [5.74, 6) is -2.78. The van der Waals surface area contributed by atoms with Crippen molar-refractivity contribution in [3.8, 4) is 0 Å². The number of carbonyl (C=O) groups excluding carboxylic acids is 4. The molecule has 6 N–H and O–H groups in total. The van der Waals surface area contributed by atoms with Crippen LogP contribution in [0.3, 0.4) is 0 Å². The molecule has 0 radical (unpaired) electrons. The van der Waals surface area contributed by atoms with Gasteiger partial charge in [0.15, 0.2) is 6.10 Å². The Morgan fingerprint density at radius 1 is 1.07 bits per heavy atom. The Hall–Kier alpha value is -4.24. The third-order valence-electron chi connectivity index (χ3n) is 11.6. The summed E-state index contributed by atoms with van der Waals surface area (Å²) < 4.78 is 5.92. The first-order valence-electron chi connectivity index (χ1n) is 20.0. The Morgan fingerprint density at radius 3 is 2.27 bits per heavy atom. The van der Waals surface area contributed by atoms with Crippen LogP contribution in [-0.2, 0) is 25.5 Å². The molecule has 1 aliphatic heterocycles. The smallest absolute Gasteiger partial charge is 0.407 e. The lowest BCUT2D eigenvalue weighted by Gasteiger charge is -2.40. The molecule has 0 aliphatic carbocycles. The van der Waals surface area contributed by atoms with Crippen molar-refractivity contribution in [3.05, 3.63) is 45.9 Å². The summed E-state index contributed by atoms with van der Waals surface area (Å²) >= 11 is 1.16. The van der Waals surface area contributed by atoms with E-state index in [4.69, 9.17) is 10.5 Å². The zero-order valence-electron chi connectivity index (χ0n) is 34.9. The largest absolute Gasteiger partial charge is 0.481 e. The average Bonchev–Trinajstić information content (AvgIpc) is 3.77. The van der Waals surface area contributed by atoms with Gasteiger partial charge in [0.05, 0.1) is 5.92 Å². The lowest BCUT2D eigenvalue weighted by Crippen LogP contribution is -2.61. The van der Waals surface area contributed by atoms with Crippen LogP contribution in [0.1, 0.15) is 121 Å². The predicted octanol–water partition coefficient (Wildman–Crippen LogP) is 5.63. The van der Waals surface area contributed by atoms with Gasteiger partial charge in [-0.05, 0) is 82.5 Å². The first-order chi connectivity index (χ1) is 26.4. The third-order valence-corrected chi connectivity index (χ3v) is 12.5. The van der Waals surface area contributed by atoms with Gasteiger partial charge in [-0.1, -0.05) is 60.1 Å². The number of carbonyl (C=O) groups is 5.